The molecule has 7 heteroatoms. The van der Waals surface area contributed by atoms with Crippen LogP contribution in [0.25, 0.3) is 0 Å². The Morgan fingerprint density at radius 3 is 2.82 bits per heavy atom. The zero-order chi connectivity index (χ0) is 13.0. The van der Waals surface area contributed by atoms with Gasteiger partial charge in [-0.1, -0.05) is 0 Å². The summed E-state index contributed by atoms with van der Waals surface area (Å²) < 4.78 is 5.88. The molecule has 2 N–H and O–H groups in total. The Morgan fingerprint density at radius 2 is 2.29 bits per heavy atom. The van der Waals surface area contributed by atoms with Crippen LogP contribution in [0.1, 0.15) is 28.6 Å². The van der Waals surface area contributed by atoms with E-state index in [0.29, 0.717) is 0 Å². The molecule has 0 saturated heterocycles. The van der Waals surface area contributed by atoms with Gasteiger partial charge in [0.1, 0.15) is 6.10 Å². The molecule has 0 saturated carbocycles. The zero-order valence-corrected chi connectivity index (χ0v) is 10.4. The molecule has 0 fully saturated rings. The van der Waals surface area contributed by atoms with Gasteiger partial charge in [-0.25, -0.2) is 4.79 Å². The van der Waals surface area contributed by atoms with Gasteiger partial charge in [0, 0.05) is 18.5 Å². The van der Waals surface area contributed by atoms with Gasteiger partial charge in [-0.05, 0) is 6.42 Å². The highest BCUT2D eigenvalue weighted by molar-refractivity contribution is 6.17. The number of halogens is 1. The summed E-state index contributed by atoms with van der Waals surface area (Å²) in [5.74, 6) is -0.399. The Kier molecular flexibility index (Phi) is 4.92. The minimum atomic E-state index is -1.21. The quantitative estimate of drug-likeness (QED) is 0.586. The van der Waals surface area contributed by atoms with Crippen molar-refractivity contribution in [3.05, 3.63) is 17.5 Å². The van der Waals surface area contributed by atoms with E-state index in [4.69, 9.17) is 11.6 Å². The number of carbonyl (C=O) groups excluding carboxylic acids is 1. The molecule has 1 heterocycles. The average molecular weight is 263 g/mol. The van der Waals surface area contributed by atoms with Crippen molar-refractivity contribution in [2.45, 2.75) is 18.6 Å². The summed E-state index contributed by atoms with van der Waals surface area (Å²) >= 11 is 5.48. The number of aliphatic hydroxyl groups is 2. The normalized spacial score (nSPS) is 14.4. The van der Waals surface area contributed by atoms with Gasteiger partial charge in [0.25, 0.3) is 0 Å². The monoisotopic (exact) mass is 262 g/mol. The molecule has 0 aromatic carbocycles. The third-order valence-corrected chi connectivity index (χ3v) is 2.65. The number of aromatic nitrogens is 2. The van der Waals surface area contributed by atoms with Gasteiger partial charge in [-0.15, -0.1) is 11.6 Å². The number of hydrogen-bond donors (Lipinski definition) is 2. The largest absolute Gasteiger partial charge is 0.464 e. The van der Waals surface area contributed by atoms with Crippen molar-refractivity contribution in [1.82, 2.24) is 9.78 Å². The first-order chi connectivity index (χ1) is 8.02. The Morgan fingerprint density at radius 1 is 1.65 bits per heavy atom. The van der Waals surface area contributed by atoms with Crippen molar-refractivity contribution in [1.29, 1.82) is 0 Å². The number of aliphatic hydroxyl groups excluding tert-OH is 2. The third-order valence-electron chi connectivity index (χ3n) is 2.43. The fourth-order valence-electron chi connectivity index (χ4n) is 1.49. The van der Waals surface area contributed by atoms with Crippen molar-refractivity contribution < 1.29 is 19.7 Å². The first-order valence-electron chi connectivity index (χ1n) is 5.05. The van der Waals surface area contributed by atoms with E-state index in [9.17, 15) is 15.0 Å². The second kappa shape index (κ2) is 6.00. The number of alkyl halides is 1. The van der Waals surface area contributed by atoms with E-state index >= 15 is 0 Å². The molecule has 17 heavy (non-hydrogen) atoms. The van der Waals surface area contributed by atoms with Crippen LogP contribution < -0.4 is 0 Å². The maximum atomic E-state index is 11.5. The second-order valence-corrected chi connectivity index (χ2v) is 3.93. The lowest BCUT2D eigenvalue weighted by atomic mass is 10.0. The molecule has 0 spiro atoms. The van der Waals surface area contributed by atoms with Crippen LogP contribution in [0.15, 0.2) is 6.20 Å². The van der Waals surface area contributed by atoms with Crippen LogP contribution in [0.3, 0.4) is 0 Å². The summed E-state index contributed by atoms with van der Waals surface area (Å²) in [4.78, 5) is 11.5. The van der Waals surface area contributed by atoms with Crippen LogP contribution in [0.2, 0.25) is 0 Å². The fraction of sp³-hybridized carbons (Fsp3) is 0.600. The molecular formula is C10H15ClN2O4. The van der Waals surface area contributed by atoms with E-state index in [1.54, 1.807) is 7.05 Å². The van der Waals surface area contributed by atoms with Gasteiger partial charge in [-0.3, -0.25) is 4.68 Å². The van der Waals surface area contributed by atoms with Crippen molar-refractivity contribution in [3.63, 3.8) is 0 Å². The molecule has 0 radical (unpaired) electrons. The maximum Gasteiger partial charge on any atom is 0.356 e. The van der Waals surface area contributed by atoms with Gasteiger partial charge in [0.15, 0.2) is 5.69 Å². The standard InChI is InChI=1S/C10H15ClN2O4/c1-13-8(10(16)17-2)6(5-12-13)9(15)7(14)3-4-11/h5,7,9,14-15H,3-4H2,1-2H3. The molecule has 0 aliphatic carbocycles. The number of aryl methyl sites for hydroxylation is 1. The van der Waals surface area contributed by atoms with E-state index in [1.165, 1.54) is 18.0 Å². The SMILES string of the molecule is COC(=O)c1c(C(O)C(O)CCCl)cnn1C. The molecule has 2 atom stereocenters. The molecule has 1 rings (SSSR count). The summed E-state index contributed by atoms with van der Waals surface area (Å²) in [6.07, 6.45) is -0.705. The summed E-state index contributed by atoms with van der Waals surface area (Å²) in [6, 6.07) is 0. The average Bonchev–Trinajstić information content (AvgIpc) is 2.69. The molecule has 2 unspecified atom stereocenters. The van der Waals surface area contributed by atoms with Crippen LogP contribution in [0.4, 0.5) is 0 Å². The lowest BCUT2D eigenvalue weighted by molar-refractivity contribution is 0.0156. The molecule has 1 aromatic heterocycles. The zero-order valence-electron chi connectivity index (χ0n) is 9.63. The first kappa shape index (κ1) is 14.0. The van der Waals surface area contributed by atoms with Crippen molar-refractivity contribution in [3.8, 4) is 0 Å². The van der Waals surface area contributed by atoms with Crippen LogP contribution in [0, 0.1) is 0 Å². The highest BCUT2D eigenvalue weighted by Gasteiger charge is 2.27. The van der Waals surface area contributed by atoms with E-state index in [2.05, 4.69) is 9.84 Å². The molecule has 0 aliphatic heterocycles. The topological polar surface area (TPSA) is 84.6 Å². The van der Waals surface area contributed by atoms with E-state index in [0.717, 1.165) is 0 Å². The number of nitrogens with zero attached hydrogens (tertiary/aromatic N) is 2. The van der Waals surface area contributed by atoms with Crippen LogP contribution in [-0.4, -0.2) is 45.1 Å². The number of hydrogen-bond acceptors (Lipinski definition) is 5. The summed E-state index contributed by atoms with van der Waals surface area (Å²) in [7, 11) is 2.79. The predicted octanol–water partition coefficient (Wildman–Crippen LogP) is 0.230. The number of ether oxygens (including phenoxy) is 1. The number of carbonyl (C=O) groups is 1. The number of rotatable bonds is 5. The van der Waals surface area contributed by atoms with Crippen LogP contribution in [-0.2, 0) is 11.8 Å². The molecule has 1 aromatic rings. The Hall–Kier alpha value is -1.11. The van der Waals surface area contributed by atoms with E-state index in [-0.39, 0.29) is 23.6 Å². The van der Waals surface area contributed by atoms with Gasteiger partial charge in [0.05, 0.1) is 19.4 Å². The summed E-state index contributed by atoms with van der Waals surface area (Å²) in [6.45, 7) is 0. The van der Waals surface area contributed by atoms with Gasteiger partial charge >= 0.3 is 5.97 Å². The summed E-state index contributed by atoms with van der Waals surface area (Å²) in [5, 5.41) is 23.4. The van der Waals surface area contributed by atoms with Gasteiger partial charge < -0.3 is 14.9 Å². The molecule has 6 nitrogen and oxygen atoms in total. The number of esters is 1. The molecule has 0 aliphatic rings. The lowest BCUT2D eigenvalue weighted by Gasteiger charge is -2.16. The van der Waals surface area contributed by atoms with Crippen LogP contribution in [0.5, 0.6) is 0 Å². The highest BCUT2D eigenvalue weighted by Crippen LogP contribution is 2.23. The fourth-order valence-corrected chi connectivity index (χ4v) is 1.72. The van der Waals surface area contributed by atoms with Crippen molar-refractivity contribution in [2.75, 3.05) is 13.0 Å². The van der Waals surface area contributed by atoms with Crippen molar-refractivity contribution >= 4 is 17.6 Å². The minimum absolute atomic E-state index is 0.119. The van der Waals surface area contributed by atoms with Gasteiger partial charge in [0.2, 0.25) is 0 Å². The molecule has 0 amide bonds. The summed E-state index contributed by atoms with van der Waals surface area (Å²) in [5.41, 5.74) is 0.352. The molecule has 96 valence electrons. The second-order valence-electron chi connectivity index (χ2n) is 3.55. The molecular weight excluding hydrogens is 248 g/mol. The third kappa shape index (κ3) is 2.96. The van der Waals surface area contributed by atoms with E-state index in [1.807, 2.05) is 0 Å². The van der Waals surface area contributed by atoms with Crippen LogP contribution >= 0.6 is 11.6 Å². The predicted molar refractivity (Wildman–Crippen MR) is 60.9 cm³/mol. The molecule has 0 bridgehead atoms. The Labute approximate surface area is 104 Å². The lowest BCUT2D eigenvalue weighted by Crippen LogP contribution is -2.21. The Balaban J connectivity index is 3.01. The number of methoxy groups -OCH3 is 1. The van der Waals surface area contributed by atoms with Gasteiger partial charge in [-0.2, -0.15) is 5.10 Å². The minimum Gasteiger partial charge on any atom is -0.464 e. The highest BCUT2D eigenvalue weighted by atomic mass is 35.5. The smallest absolute Gasteiger partial charge is 0.356 e. The Bertz CT molecular complexity index is 394. The van der Waals surface area contributed by atoms with Crippen molar-refractivity contribution in [2.24, 2.45) is 7.05 Å². The maximum absolute atomic E-state index is 11.5. The first-order valence-corrected chi connectivity index (χ1v) is 5.58. The van der Waals surface area contributed by atoms with E-state index < -0.39 is 18.2 Å².